The maximum absolute atomic E-state index is 13.5. The predicted molar refractivity (Wildman–Crippen MR) is 108 cm³/mol. The molecule has 27 heavy (non-hydrogen) atoms. The molecule has 4 heteroatoms. The van der Waals surface area contributed by atoms with E-state index in [2.05, 4.69) is 31.8 Å². The zero-order valence-corrected chi connectivity index (χ0v) is 17.1. The first-order valence-corrected chi connectivity index (χ1v) is 13.8. The molecule has 1 saturated carbocycles. The predicted octanol–water partition coefficient (Wildman–Crippen LogP) is 4.26. The van der Waals surface area contributed by atoms with Crippen LogP contribution in [0, 0.1) is 35.5 Å². The molecule has 4 bridgehead atoms. The van der Waals surface area contributed by atoms with Crippen LogP contribution in [-0.2, 0) is 9.59 Å². The van der Waals surface area contributed by atoms with Crippen LogP contribution in [0.5, 0.6) is 0 Å². The van der Waals surface area contributed by atoms with E-state index in [1.807, 2.05) is 30.3 Å². The van der Waals surface area contributed by atoms with Gasteiger partial charge in [0.05, 0.1) is 17.5 Å². The Bertz CT molecular complexity index is 893. The van der Waals surface area contributed by atoms with Crippen molar-refractivity contribution in [3.05, 3.63) is 53.6 Å². The van der Waals surface area contributed by atoms with Gasteiger partial charge in [0.15, 0.2) is 0 Å². The topological polar surface area (TPSA) is 37.4 Å². The molecule has 0 N–H and O–H groups in total. The van der Waals surface area contributed by atoms with E-state index in [4.69, 9.17) is 0 Å². The number of imide groups is 1. The summed E-state index contributed by atoms with van der Waals surface area (Å²) in [6.07, 6.45) is 5.94. The second kappa shape index (κ2) is 4.91. The summed E-state index contributed by atoms with van der Waals surface area (Å²) in [4.78, 5) is 28.6. The molecule has 138 valence electrons. The van der Waals surface area contributed by atoms with Gasteiger partial charge in [0.2, 0.25) is 11.8 Å². The summed E-state index contributed by atoms with van der Waals surface area (Å²) in [5.74, 6) is 1.58. The van der Waals surface area contributed by atoms with Crippen LogP contribution in [0.3, 0.4) is 0 Å². The molecule has 1 aromatic carbocycles. The fourth-order valence-corrected chi connectivity index (χ4v) is 10.2. The molecule has 1 aromatic rings. The average Bonchev–Trinajstić information content (AvgIpc) is 3.39. The molecule has 6 atom stereocenters. The number of para-hydroxylation sites is 1. The van der Waals surface area contributed by atoms with Gasteiger partial charge in [-0.2, -0.15) is 0 Å². The lowest BCUT2D eigenvalue weighted by molar-refractivity contribution is -0.123. The number of rotatable bonds is 2. The SMILES string of the molecule is C[Si](C)(C)C1C2C3=C(C4C=CC3C4)C1C1C(=O)N(c3ccccc3)C(=O)C12. The lowest BCUT2D eigenvalue weighted by Crippen LogP contribution is -2.39. The van der Waals surface area contributed by atoms with Crippen molar-refractivity contribution in [2.75, 3.05) is 4.90 Å². The third-order valence-corrected chi connectivity index (χ3v) is 10.6. The quantitative estimate of drug-likeness (QED) is 0.335. The van der Waals surface area contributed by atoms with E-state index in [1.54, 1.807) is 11.1 Å². The Morgan fingerprint density at radius 1 is 0.815 bits per heavy atom. The highest BCUT2D eigenvalue weighted by Gasteiger charge is 2.72. The lowest BCUT2D eigenvalue weighted by atomic mass is 9.74. The van der Waals surface area contributed by atoms with Gasteiger partial charge in [-0.1, -0.05) is 61.1 Å². The highest BCUT2D eigenvalue weighted by atomic mass is 28.3. The molecule has 2 fully saturated rings. The average molecular weight is 376 g/mol. The first kappa shape index (κ1) is 16.1. The minimum Gasteiger partial charge on any atom is -0.274 e. The second-order valence-corrected chi connectivity index (χ2v) is 15.5. The van der Waals surface area contributed by atoms with E-state index in [0.29, 0.717) is 29.2 Å². The summed E-state index contributed by atoms with van der Waals surface area (Å²) in [6.45, 7) is 7.29. The van der Waals surface area contributed by atoms with Gasteiger partial charge < -0.3 is 0 Å². The molecule has 0 aromatic heterocycles. The Morgan fingerprint density at radius 2 is 1.33 bits per heavy atom. The molecule has 0 radical (unpaired) electrons. The molecule has 5 aliphatic rings. The van der Waals surface area contributed by atoms with E-state index < -0.39 is 8.07 Å². The molecule has 3 nitrogen and oxygen atoms in total. The van der Waals surface area contributed by atoms with Crippen LogP contribution < -0.4 is 4.90 Å². The number of carbonyl (C=O) groups excluding carboxylic acids is 2. The number of hydrogen-bond acceptors (Lipinski definition) is 2. The van der Waals surface area contributed by atoms with Gasteiger partial charge in [-0.3, -0.25) is 14.5 Å². The molecular formula is C23H25NO2Si. The van der Waals surface area contributed by atoms with Gasteiger partial charge in [0, 0.05) is 8.07 Å². The Morgan fingerprint density at radius 3 is 1.81 bits per heavy atom. The van der Waals surface area contributed by atoms with E-state index in [-0.39, 0.29) is 23.7 Å². The number of anilines is 1. The van der Waals surface area contributed by atoms with Crippen LogP contribution >= 0.6 is 0 Å². The fourth-order valence-electron chi connectivity index (χ4n) is 7.29. The molecule has 1 aliphatic heterocycles. The van der Waals surface area contributed by atoms with Crippen LogP contribution in [0.2, 0.25) is 25.2 Å². The zero-order valence-electron chi connectivity index (χ0n) is 16.1. The third kappa shape index (κ3) is 1.78. The van der Waals surface area contributed by atoms with Crippen molar-refractivity contribution in [1.82, 2.24) is 0 Å². The summed E-state index contributed by atoms with van der Waals surface area (Å²) in [6, 6.07) is 9.53. The number of benzene rings is 1. The Hall–Kier alpha value is -1.94. The van der Waals surface area contributed by atoms with Gasteiger partial charge in [0.1, 0.15) is 0 Å². The van der Waals surface area contributed by atoms with Crippen LogP contribution in [0.25, 0.3) is 0 Å². The van der Waals surface area contributed by atoms with Crippen molar-refractivity contribution in [2.24, 2.45) is 35.5 Å². The van der Waals surface area contributed by atoms with Crippen molar-refractivity contribution in [2.45, 2.75) is 31.6 Å². The normalized spacial score (nSPS) is 41.1. The summed E-state index contributed by atoms with van der Waals surface area (Å²) >= 11 is 0. The van der Waals surface area contributed by atoms with Crippen LogP contribution in [0.15, 0.2) is 53.6 Å². The number of nitrogens with zero attached hydrogens (tertiary/aromatic N) is 1. The molecule has 4 aliphatic carbocycles. The smallest absolute Gasteiger partial charge is 0.238 e. The first-order chi connectivity index (χ1) is 12.9. The molecule has 1 saturated heterocycles. The first-order valence-electron chi connectivity index (χ1n) is 10.2. The van der Waals surface area contributed by atoms with Crippen molar-refractivity contribution in [1.29, 1.82) is 0 Å². The minimum absolute atomic E-state index is 0.0604. The summed E-state index contributed by atoms with van der Waals surface area (Å²) in [5, 5.41) is 0. The second-order valence-electron chi connectivity index (χ2n) is 10.1. The molecule has 0 spiro atoms. The van der Waals surface area contributed by atoms with Crippen molar-refractivity contribution < 1.29 is 9.59 Å². The van der Waals surface area contributed by atoms with Gasteiger partial charge in [-0.15, -0.1) is 0 Å². The Labute approximate surface area is 161 Å². The molecule has 6 unspecified atom stereocenters. The van der Waals surface area contributed by atoms with Crippen LogP contribution in [0.4, 0.5) is 5.69 Å². The van der Waals surface area contributed by atoms with E-state index in [1.165, 1.54) is 11.3 Å². The number of amides is 2. The summed E-state index contributed by atoms with van der Waals surface area (Å²) < 4.78 is 0. The van der Waals surface area contributed by atoms with Gasteiger partial charge in [-0.05, 0) is 47.8 Å². The molecular weight excluding hydrogens is 350 g/mol. The summed E-state index contributed by atoms with van der Waals surface area (Å²) in [7, 11) is -1.50. The number of hydrogen-bond donors (Lipinski definition) is 0. The van der Waals surface area contributed by atoms with E-state index in [0.717, 1.165) is 5.69 Å². The number of fused-ring (bicyclic) bond motifs is 11. The van der Waals surface area contributed by atoms with E-state index >= 15 is 0 Å². The maximum Gasteiger partial charge on any atom is 0.238 e. The lowest BCUT2D eigenvalue weighted by Gasteiger charge is -2.34. The van der Waals surface area contributed by atoms with Gasteiger partial charge in [0.25, 0.3) is 0 Å². The number of carbonyl (C=O) groups is 2. The molecule has 6 rings (SSSR count). The van der Waals surface area contributed by atoms with Crippen LogP contribution in [0.1, 0.15) is 6.42 Å². The zero-order chi connectivity index (χ0) is 18.7. The monoisotopic (exact) mass is 375 g/mol. The molecule has 1 heterocycles. The highest BCUT2D eigenvalue weighted by Crippen LogP contribution is 2.73. The molecule has 2 amide bonds. The Kier molecular flexibility index (Phi) is 2.92. The van der Waals surface area contributed by atoms with Crippen LogP contribution in [-0.4, -0.2) is 19.9 Å². The maximum atomic E-state index is 13.5. The Balaban J connectivity index is 1.49. The standard InChI is InChI=1S/C23H25NO2Si/c1-27(2,3)21-17-15-12-9-10-13(11-12)16(15)18(21)20-19(17)22(25)24(23(20)26)14-7-5-4-6-8-14/h4-10,12-13,17-21H,11H2,1-3H3. The van der Waals surface area contributed by atoms with Crippen molar-refractivity contribution in [3.8, 4) is 0 Å². The largest absolute Gasteiger partial charge is 0.274 e. The summed E-state index contributed by atoms with van der Waals surface area (Å²) in [5.41, 5.74) is 4.45. The van der Waals surface area contributed by atoms with E-state index in [9.17, 15) is 9.59 Å². The van der Waals surface area contributed by atoms with Crippen molar-refractivity contribution in [3.63, 3.8) is 0 Å². The number of allylic oxidation sites excluding steroid dienone is 4. The van der Waals surface area contributed by atoms with Gasteiger partial charge >= 0.3 is 0 Å². The minimum atomic E-state index is -1.50. The van der Waals surface area contributed by atoms with Crippen molar-refractivity contribution >= 4 is 25.6 Å². The fraction of sp³-hybridized carbons (Fsp3) is 0.478. The third-order valence-electron chi connectivity index (χ3n) is 7.89. The van der Waals surface area contributed by atoms with Gasteiger partial charge in [-0.25, -0.2) is 0 Å². The highest BCUT2D eigenvalue weighted by molar-refractivity contribution is 6.78.